The summed E-state index contributed by atoms with van der Waals surface area (Å²) in [5.74, 6) is 0. The van der Waals surface area contributed by atoms with Crippen molar-refractivity contribution < 1.29 is 17.9 Å². The van der Waals surface area contributed by atoms with E-state index >= 15 is 0 Å². The number of benzene rings is 1. The molecule has 0 bridgehead atoms. The van der Waals surface area contributed by atoms with Crippen molar-refractivity contribution in [1.29, 1.82) is 0 Å². The standard InChI is InChI=1S/C12H14F3NO/c1-8-6-17-7-11(16-8)9-2-4-10(5-3-9)12(13,14)15/h2-5,8,11,16H,6-7H2,1H3/t8-,11-/m0/s1. The Hall–Kier alpha value is -1.07. The lowest BCUT2D eigenvalue weighted by molar-refractivity contribution is -0.137. The number of hydrogen-bond acceptors (Lipinski definition) is 2. The van der Waals surface area contributed by atoms with E-state index in [4.69, 9.17) is 4.74 Å². The molecule has 5 heteroatoms. The Morgan fingerprint density at radius 1 is 1.18 bits per heavy atom. The van der Waals surface area contributed by atoms with E-state index in [1.807, 2.05) is 6.92 Å². The van der Waals surface area contributed by atoms with E-state index in [0.29, 0.717) is 13.2 Å². The summed E-state index contributed by atoms with van der Waals surface area (Å²) >= 11 is 0. The zero-order valence-corrected chi connectivity index (χ0v) is 9.42. The van der Waals surface area contributed by atoms with Crippen LogP contribution in [0, 0.1) is 0 Å². The first kappa shape index (κ1) is 12.4. The molecule has 94 valence electrons. The third-order valence-corrected chi connectivity index (χ3v) is 2.78. The smallest absolute Gasteiger partial charge is 0.378 e. The van der Waals surface area contributed by atoms with Crippen molar-refractivity contribution in [2.24, 2.45) is 0 Å². The highest BCUT2D eigenvalue weighted by Crippen LogP contribution is 2.30. The van der Waals surface area contributed by atoms with Crippen molar-refractivity contribution in [3.8, 4) is 0 Å². The normalized spacial score (nSPS) is 25.9. The van der Waals surface area contributed by atoms with E-state index in [2.05, 4.69) is 5.32 Å². The maximum atomic E-state index is 12.4. The van der Waals surface area contributed by atoms with Gasteiger partial charge >= 0.3 is 6.18 Å². The molecule has 2 nitrogen and oxygen atoms in total. The second kappa shape index (κ2) is 4.66. The zero-order chi connectivity index (χ0) is 12.5. The van der Waals surface area contributed by atoms with Gasteiger partial charge in [-0.3, -0.25) is 0 Å². The summed E-state index contributed by atoms with van der Waals surface area (Å²) < 4.78 is 42.5. The molecule has 1 aliphatic rings. The van der Waals surface area contributed by atoms with Gasteiger partial charge in [-0.2, -0.15) is 13.2 Å². The minimum absolute atomic E-state index is 0.0268. The third-order valence-electron chi connectivity index (χ3n) is 2.78. The van der Waals surface area contributed by atoms with Crippen LogP contribution in [0.4, 0.5) is 13.2 Å². The summed E-state index contributed by atoms with van der Waals surface area (Å²) in [5.41, 5.74) is 0.204. The zero-order valence-electron chi connectivity index (χ0n) is 9.42. The van der Waals surface area contributed by atoms with Crippen molar-refractivity contribution >= 4 is 0 Å². The Bertz CT molecular complexity index is 374. The number of rotatable bonds is 1. The fourth-order valence-corrected chi connectivity index (χ4v) is 1.90. The van der Waals surface area contributed by atoms with Crippen LogP contribution in [0.15, 0.2) is 24.3 Å². The summed E-state index contributed by atoms with van der Waals surface area (Å²) in [6, 6.07) is 5.41. The molecule has 0 aromatic heterocycles. The highest BCUT2D eigenvalue weighted by atomic mass is 19.4. The largest absolute Gasteiger partial charge is 0.416 e. The molecule has 0 spiro atoms. The van der Waals surface area contributed by atoms with E-state index < -0.39 is 11.7 Å². The van der Waals surface area contributed by atoms with Crippen molar-refractivity contribution in [3.05, 3.63) is 35.4 Å². The van der Waals surface area contributed by atoms with Gasteiger partial charge in [-0.1, -0.05) is 12.1 Å². The minimum atomic E-state index is -4.28. The van der Waals surface area contributed by atoms with Crippen LogP contribution in [0.2, 0.25) is 0 Å². The summed E-state index contributed by atoms with van der Waals surface area (Å²) in [6.45, 7) is 3.11. The minimum Gasteiger partial charge on any atom is -0.378 e. The molecule has 0 aliphatic carbocycles. The van der Waals surface area contributed by atoms with Gasteiger partial charge in [-0.25, -0.2) is 0 Å². The molecule has 1 aromatic rings. The van der Waals surface area contributed by atoms with Gasteiger partial charge in [0.05, 0.1) is 24.8 Å². The van der Waals surface area contributed by atoms with E-state index in [9.17, 15) is 13.2 Å². The van der Waals surface area contributed by atoms with Crippen LogP contribution < -0.4 is 5.32 Å². The maximum Gasteiger partial charge on any atom is 0.416 e. The van der Waals surface area contributed by atoms with Gasteiger partial charge in [0.25, 0.3) is 0 Å². The predicted octanol–water partition coefficient (Wildman–Crippen LogP) is 2.75. The Morgan fingerprint density at radius 3 is 2.35 bits per heavy atom. The monoisotopic (exact) mass is 245 g/mol. The molecular weight excluding hydrogens is 231 g/mol. The molecule has 1 fully saturated rings. The molecule has 1 heterocycles. The highest BCUT2D eigenvalue weighted by Gasteiger charge is 2.30. The summed E-state index contributed by atoms with van der Waals surface area (Å²) in [6.07, 6.45) is -4.28. The van der Waals surface area contributed by atoms with Crippen LogP contribution in [0.3, 0.4) is 0 Å². The SMILES string of the molecule is C[C@H]1COC[C@@H](c2ccc(C(F)(F)F)cc2)N1. The third kappa shape index (κ3) is 2.98. The Kier molecular flexibility index (Phi) is 3.40. The molecule has 17 heavy (non-hydrogen) atoms. The quantitative estimate of drug-likeness (QED) is 0.821. The van der Waals surface area contributed by atoms with Crippen molar-refractivity contribution in [2.75, 3.05) is 13.2 Å². The maximum absolute atomic E-state index is 12.4. The summed E-state index contributed by atoms with van der Waals surface area (Å²) in [4.78, 5) is 0. The van der Waals surface area contributed by atoms with Gasteiger partial charge in [0.2, 0.25) is 0 Å². The second-order valence-electron chi connectivity index (χ2n) is 4.28. The van der Waals surface area contributed by atoms with Crippen molar-refractivity contribution in [1.82, 2.24) is 5.32 Å². The lowest BCUT2D eigenvalue weighted by atomic mass is 10.0. The van der Waals surface area contributed by atoms with Gasteiger partial charge in [0.15, 0.2) is 0 Å². The molecular formula is C12H14F3NO. The number of morpholine rings is 1. The Morgan fingerprint density at radius 2 is 1.82 bits per heavy atom. The van der Waals surface area contributed by atoms with Gasteiger partial charge in [-0.05, 0) is 24.6 Å². The van der Waals surface area contributed by atoms with Crippen LogP contribution in [0.25, 0.3) is 0 Å². The van der Waals surface area contributed by atoms with Gasteiger partial charge in [-0.15, -0.1) is 0 Å². The Balaban J connectivity index is 2.12. The lowest BCUT2D eigenvalue weighted by Gasteiger charge is -2.29. The molecule has 0 unspecified atom stereocenters. The van der Waals surface area contributed by atoms with E-state index in [1.54, 1.807) is 0 Å². The highest BCUT2D eigenvalue weighted by molar-refractivity contribution is 5.27. The summed E-state index contributed by atoms with van der Waals surface area (Å²) in [5, 5.41) is 3.28. The summed E-state index contributed by atoms with van der Waals surface area (Å²) in [7, 11) is 0. The van der Waals surface area contributed by atoms with E-state index in [-0.39, 0.29) is 12.1 Å². The van der Waals surface area contributed by atoms with E-state index in [1.165, 1.54) is 12.1 Å². The fraction of sp³-hybridized carbons (Fsp3) is 0.500. The fourth-order valence-electron chi connectivity index (χ4n) is 1.90. The molecule has 0 radical (unpaired) electrons. The average Bonchev–Trinajstić information content (AvgIpc) is 2.28. The molecule has 0 amide bonds. The van der Waals surface area contributed by atoms with Gasteiger partial charge in [0.1, 0.15) is 0 Å². The van der Waals surface area contributed by atoms with Crippen LogP contribution in [0.1, 0.15) is 24.1 Å². The van der Waals surface area contributed by atoms with Crippen LogP contribution in [0.5, 0.6) is 0 Å². The number of nitrogens with one attached hydrogen (secondary N) is 1. The molecule has 1 aromatic carbocycles. The first-order chi connectivity index (χ1) is 7.97. The van der Waals surface area contributed by atoms with Crippen molar-refractivity contribution in [3.63, 3.8) is 0 Å². The van der Waals surface area contributed by atoms with Crippen LogP contribution in [-0.2, 0) is 10.9 Å². The van der Waals surface area contributed by atoms with Crippen molar-refractivity contribution in [2.45, 2.75) is 25.2 Å². The number of alkyl halides is 3. The Labute approximate surface area is 97.8 Å². The topological polar surface area (TPSA) is 21.3 Å². The molecule has 1 N–H and O–H groups in total. The molecule has 2 atom stereocenters. The van der Waals surface area contributed by atoms with Gasteiger partial charge in [0, 0.05) is 6.04 Å². The van der Waals surface area contributed by atoms with E-state index in [0.717, 1.165) is 17.7 Å². The first-order valence-electron chi connectivity index (χ1n) is 5.48. The number of ether oxygens (including phenoxy) is 1. The molecule has 2 rings (SSSR count). The predicted molar refractivity (Wildman–Crippen MR) is 57.6 cm³/mol. The van der Waals surface area contributed by atoms with Crippen LogP contribution in [-0.4, -0.2) is 19.3 Å². The number of hydrogen-bond donors (Lipinski definition) is 1. The van der Waals surface area contributed by atoms with Crippen LogP contribution >= 0.6 is 0 Å². The van der Waals surface area contributed by atoms with Gasteiger partial charge < -0.3 is 10.1 Å². The lowest BCUT2D eigenvalue weighted by Crippen LogP contribution is -2.41. The number of halogens is 3. The molecule has 1 saturated heterocycles. The molecule has 1 aliphatic heterocycles. The molecule has 0 saturated carbocycles. The average molecular weight is 245 g/mol. The second-order valence-corrected chi connectivity index (χ2v) is 4.28. The first-order valence-corrected chi connectivity index (χ1v) is 5.48.